The fourth-order valence-corrected chi connectivity index (χ4v) is 1.76. The lowest BCUT2D eigenvalue weighted by Gasteiger charge is -2.27. The van der Waals surface area contributed by atoms with Crippen LogP contribution in [-0.4, -0.2) is 23.5 Å². The molecule has 0 bridgehead atoms. The van der Waals surface area contributed by atoms with Crippen molar-refractivity contribution >= 4 is 5.91 Å². The van der Waals surface area contributed by atoms with Gasteiger partial charge in [-0.15, -0.1) is 0 Å². The molecule has 1 amide bonds. The average molecular weight is 226 g/mol. The molecule has 0 spiro atoms. The second kappa shape index (κ2) is 4.36. The Morgan fingerprint density at radius 2 is 1.75 bits per heavy atom. The molecule has 0 aromatic heterocycles. The van der Waals surface area contributed by atoms with E-state index in [1.165, 1.54) is 12.8 Å². The van der Waals surface area contributed by atoms with Gasteiger partial charge >= 0.3 is 0 Å². The number of carbonyl (C=O) groups excluding carboxylic acids is 1. The minimum absolute atomic E-state index is 0.0867. The van der Waals surface area contributed by atoms with Crippen LogP contribution in [0.2, 0.25) is 0 Å². The maximum Gasteiger partial charge on any atom is 0.237 e. The van der Waals surface area contributed by atoms with Crippen LogP contribution in [0.1, 0.15) is 54.4 Å². The van der Waals surface area contributed by atoms with Gasteiger partial charge < -0.3 is 10.6 Å². The van der Waals surface area contributed by atoms with Gasteiger partial charge in [0.25, 0.3) is 0 Å². The molecule has 0 aromatic carbocycles. The standard InChI is InChI=1S/C13H26N2O/c1-9(11(16)15-12(3,4)5)14-10(2)13(6)7-8-13/h9-10,14H,7-8H2,1-6H3,(H,15,16). The Balaban J connectivity index is 2.40. The van der Waals surface area contributed by atoms with Crippen LogP contribution in [0.4, 0.5) is 0 Å². The Morgan fingerprint density at radius 1 is 1.25 bits per heavy atom. The zero-order valence-corrected chi connectivity index (χ0v) is 11.5. The Hall–Kier alpha value is -0.570. The zero-order chi connectivity index (χ0) is 12.6. The Bertz CT molecular complexity index is 264. The first kappa shape index (κ1) is 13.5. The molecule has 0 radical (unpaired) electrons. The Morgan fingerprint density at radius 3 is 2.12 bits per heavy atom. The molecule has 0 aromatic rings. The summed E-state index contributed by atoms with van der Waals surface area (Å²) < 4.78 is 0. The monoisotopic (exact) mass is 226 g/mol. The van der Waals surface area contributed by atoms with Gasteiger partial charge in [-0.3, -0.25) is 4.79 Å². The fraction of sp³-hybridized carbons (Fsp3) is 0.923. The van der Waals surface area contributed by atoms with Crippen molar-refractivity contribution in [3.63, 3.8) is 0 Å². The van der Waals surface area contributed by atoms with E-state index in [0.717, 1.165) is 0 Å². The average Bonchev–Trinajstić information content (AvgIpc) is 2.81. The maximum absolute atomic E-state index is 11.9. The lowest BCUT2D eigenvalue weighted by atomic mass is 10.00. The highest BCUT2D eigenvalue weighted by Crippen LogP contribution is 2.48. The third kappa shape index (κ3) is 3.78. The summed E-state index contributed by atoms with van der Waals surface area (Å²) in [6, 6.07) is 0.292. The molecule has 0 heterocycles. The van der Waals surface area contributed by atoms with Gasteiger partial charge in [0, 0.05) is 11.6 Å². The van der Waals surface area contributed by atoms with Crippen LogP contribution >= 0.6 is 0 Å². The van der Waals surface area contributed by atoms with E-state index in [-0.39, 0.29) is 17.5 Å². The quantitative estimate of drug-likeness (QED) is 0.770. The van der Waals surface area contributed by atoms with Crippen LogP contribution in [0.3, 0.4) is 0 Å². The van der Waals surface area contributed by atoms with Crippen molar-refractivity contribution in [1.82, 2.24) is 10.6 Å². The summed E-state index contributed by atoms with van der Waals surface area (Å²) in [6.07, 6.45) is 2.55. The lowest BCUT2D eigenvalue weighted by molar-refractivity contribution is -0.124. The number of carbonyl (C=O) groups is 1. The molecule has 1 aliphatic rings. The summed E-state index contributed by atoms with van der Waals surface area (Å²) in [7, 11) is 0. The van der Waals surface area contributed by atoms with Gasteiger partial charge in [0.1, 0.15) is 0 Å². The van der Waals surface area contributed by atoms with Gasteiger partial charge in [-0.05, 0) is 52.9 Å². The summed E-state index contributed by atoms with van der Waals surface area (Å²) in [6.45, 7) is 12.4. The molecule has 2 unspecified atom stereocenters. The van der Waals surface area contributed by atoms with Crippen LogP contribution in [-0.2, 0) is 4.79 Å². The van der Waals surface area contributed by atoms with Gasteiger partial charge in [-0.2, -0.15) is 0 Å². The third-order valence-corrected chi connectivity index (χ3v) is 3.48. The normalized spacial score (nSPS) is 22.4. The first-order valence-corrected chi connectivity index (χ1v) is 6.22. The second-order valence-electron chi connectivity index (χ2n) is 6.50. The number of amides is 1. The van der Waals surface area contributed by atoms with Crippen molar-refractivity contribution in [3.05, 3.63) is 0 Å². The minimum Gasteiger partial charge on any atom is -0.350 e. The predicted molar refractivity (Wildman–Crippen MR) is 67.3 cm³/mol. The summed E-state index contributed by atoms with van der Waals surface area (Å²) in [4.78, 5) is 11.9. The Labute approximate surface area is 99.4 Å². The van der Waals surface area contributed by atoms with E-state index in [9.17, 15) is 4.79 Å². The van der Waals surface area contributed by atoms with Gasteiger partial charge in [-0.25, -0.2) is 0 Å². The summed E-state index contributed by atoms with van der Waals surface area (Å²) in [5.41, 5.74) is 0.260. The maximum atomic E-state index is 11.9. The topological polar surface area (TPSA) is 41.1 Å². The Kier molecular flexibility index (Phi) is 3.68. The molecule has 0 saturated heterocycles. The van der Waals surface area contributed by atoms with Crippen molar-refractivity contribution in [2.24, 2.45) is 5.41 Å². The van der Waals surface area contributed by atoms with Crippen molar-refractivity contribution in [2.75, 3.05) is 0 Å². The van der Waals surface area contributed by atoms with Crippen molar-refractivity contribution < 1.29 is 4.79 Å². The second-order valence-corrected chi connectivity index (χ2v) is 6.50. The molecule has 1 aliphatic carbocycles. The van der Waals surface area contributed by atoms with E-state index in [1.54, 1.807) is 0 Å². The SMILES string of the molecule is CC(NC(C)C1(C)CC1)C(=O)NC(C)(C)C. The van der Waals surface area contributed by atoms with Crippen LogP contribution in [0.15, 0.2) is 0 Å². The molecule has 3 heteroatoms. The number of hydrogen-bond acceptors (Lipinski definition) is 2. The van der Waals surface area contributed by atoms with E-state index in [4.69, 9.17) is 0 Å². The molecule has 1 saturated carbocycles. The van der Waals surface area contributed by atoms with E-state index in [1.807, 2.05) is 27.7 Å². The smallest absolute Gasteiger partial charge is 0.237 e. The van der Waals surface area contributed by atoms with E-state index < -0.39 is 0 Å². The van der Waals surface area contributed by atoms with E-state index in [0.29, 0.717) is 11.5 Å². The summed E-state index contributed by atoms with van der Waals surface area (Å²) in [5.74, 6) is 0.0867. The van der Waals surface area contributed by atoms with Crippen molar-refractivity contribution in [1.29, 1.82) is 0 Å². The molecule has 0 aliphatic heterocycles. The fourth-order valence-electron chi connectivity index (χ4n) is 1.76. The first-order chi connectivity index (χ1) is 7.14. The molecule has 2 N–H and O–H groups in total. The molecular weight excluding hydrogens is 200 g/mol. The highest BCUT2D eigenvalue weighted by molar-refractivity contribution is 5.81. The number of nitrogens with one attached hydrogen (secondary N) is 2. The molecule has 2 atom stereocenters. The largest absolute Gasteiger partial charge is 0.350 e. The van der Waals surface area contributed by atoms with Crippen LogP contribution in [0.5, 0.6) is 0 Å². The summed E-state index contributed by atoms with van der Waals surface area (Å²) in [5, 5.41) is 6.39. The van der Waals surface area contributed by atoms with Gasteiger partial charge in [0.15, 0.2) is 0 Å². The molecule has 1 fully saturated rings. The molecule has 1 rings (SSSR count). The lowest BCUT2D eigenvalue weighted by Crippen LogP contribution is -2.52. The van der Waals surface area contributed by atoms with Crippen LogP contribution in [0, 0.1) is 5.41 Å². The minimum atomic E-state index is -0.153. The molecule has 94 valence electrons. The van der Waals surface area contributed by atoms with Crippen LogP contribution < -0.4 is 10.6 Å². The highest BCUT2D eigenvalue weighted by atomic mass is 16.2. The molecule has 16 heavy (non-hydrogen) atoms. The van der Waals surface area contributed by atoms with Gasteiger partial charge in [-0.1, -0.05) is 6.92 Å². The van der Waals surface area contributed by atoms with E-state index >= 15 is 0 Å². The van der Waals surface area contributed by atoms with Crippen molar-refractivity contribution in [3.8, 4) is 0 Å². The van der Waals surface area contributed by atoms with E-state index in [2.05, 4.69) is 24.5 Å². The van der Waals surface area contributed by atoms with Crippen LogP contribution in [0.25, 0.3) is 0 Å². The zero-order valence-electron chi connectivity index (χ0n) is 11.5. The van der Waals surface area contributed by atoms with Gasteiger partial charge in [0.05, 0.1) is 6.04 Å². The molecular formula is C13H26N2O. The highest BCUT2D eigenvalue weighted by Gasteiger charge is 2.43. The first-order valence-electron chi connectivity index (χ1n) is 6.22. The van der Waals surface area contributed by atoms with Crippen molar-refractivity contribution in [2.45, 2.75) is 72.0 Å². The number of hydrogen-bond donors (Lipinski definition) is 2. The summed E-state index contributed by atoms with van der Waals surface area (Å²) >= 11 is 0. The third-order valence-electron chi connectivity index (χ3n) is 3.48. The predicted octanol–water partition coefficient (Wildman–Crippen LogP) is 2.07. The van der Waals surface area contributed by atoms with Gasteiger partial charge in [0.2, 0.25) is 5.91 Å². The molecule has 3 nitrogen and oxygen atoms in total. The number of rotatable bonds is 4.